The van der Waals surface area contributed by atoms with E-state index < -0.39 is 5.82 Å². The molecule has 2 atom stereocenters. The molecule has 1 aromatic carbocycles. The molecule has 0 aliphatic heterocycles. The van der Waals surface area contributed by atoms with Gasteiger partial charge in [0, 0.05) is 21.7 Å². The van der Waals surface area contributed by atoms with Gasteiger partial charge in [-0.2, -0.15) is 0 Å². The summed E-state index contributed by atoms with van der Waals surface area (Å²) in [5.41, 5.74) is -0.298. The molecule has 2 N–H and O–H groups in total. The fraction of sp³-hybridized carbons (Fsp3) is 0.625. The van der Waals surface area contributed by atoms with Crippen LogP contribution in [0.3, 0.4) is 0 Å². The van der Waals surface area contributed by atoms with Crippen molar-refractivity contribution in [2.45, 2.75) is 61.3 Å². The summed E-state index contributed by atoms with van der Waals surface area (Å²) in [5, 5.41) is 13.4. The molecule has 1 aliphatic carbocycles. The average Bonchev–Trinajstić information content (AvgIpc) is 2.42. The number of hydrogen-bond acceptors (Lipinski definition) is 3. The smallest absolute Gasteiger partial charge is 0.136 e. The zero-order valence-corrected chi connectivity index (χ0v) is 13.4. The molecule has 2 rings (SSSR count). The summed E-state index contributed by atoms with van der Waals surface area (Å²) >= 11 is 1.38. The van der Waals surface area contributed by atoms with E-state index in [0.29, 0.717) is 4.90 Å². The number of halogens is 2. The van der Waals surface area contributed by atoms with Crippen LogP contribution in [0.25, 0.3) is 0 Å². The Kier molecular flexibility index (Phi) is 5.63. The van der Waals surface area contributed by atoms with Crippen LogP contribution in [0.15, 0.2) is 23.1 Å². The van der Waals surface area contributed by atoms with Crippen molar-refractivity contribution in [3.63, 3.8) is 0 Å². The highest BCUT2D eigenvalue weighted by Crippen LogP contribution is 2.39. The van der Waals surface area contributed by atoms with Crippen LogP contribution in [0.5, 0.6) is 0 Å². The zero-order chi connectivity index (χ0) is 15.5. The van der Waals surface area contributed by atoms with Gasteiger partial charge in [0.2, 0.25) is 0 Å². The lowest BCUT2D eigenvalue weighted by molar-refractivity contribution is 0.115. The monoisotopic (exact) mass is 315 g/mol. The lowest BCUT2D eigenvalue weighted by atomic mass is 9.81. The molecule has 118 valence electrons. The second kappa shape index (κ2) is 7.07. The molecule has 0 amide bonds. The van der Waals surface area contributed by atoms with Crippen LogP contribution in [0.4, 0.5) is 8.78 Å². The zero-order valence-electron chi connectivity index (χ0n) is 12.5. The summed E-state index contributed by atoms with van der Waals surface area (Å²) in [7, 11) is 0. The Morgan fingerprint density at radius 1 is 1.43 bits per heavy atom. The maximum atomic E-state index is 13.8. The van der Waals surface area contributed by atoms with E-state index >= 15 is 0 Å². The van der Waals surface area contributed by atoms with Gasteiger partial charge in [0.05, 0.1) is 6.61 Å². The van der Waals surface area contributed by atoms with E-state index in [4.69, 9.17) is 0 Å². The number of thioether (sulfide) groups is 1. The quantitative estimate of drug-likeness (QED) is 0.868. The largest absolute Gasteiger partial charge is 0.394 e. The third-order valence-corrected chi connectivity index (χ3v) is 5.19. The summed E-state index contributed by atoms with van der Waals surface area (Å²) < 4.78 is 27.0. The minimum atomic E-state index is -0.413. The maximum absolute atomic E-state index is 13.8. The summed E-state index contributed by atoms with van der Waals surface area (Å²) in [6, 6.07) is 3.85. The van der Waals surface area contributed by atoms with E-state index in [9.17, 15) is 13.9 Å². The predicted octanol–water partition coefficient (Wildman–Crippen LogP) is 3.73. The van der Waals surface area contributed by atoms with Crippen LogP contribution >= 0.6 is 11.8 Å². The van der Waals surface area contributed by atoms with Gasteiger partial charge < -0.3 is 10.4 Å². The standard InChI is InChI=1S/C16H23F2NOS/c1-11(2)19-16(10-20)7-3-4-13(9-16)21-15-8-12(17)5-6-14(15)18/h5-6,8,11,13,19-20H,3-4,7,9-10H2,1-2H3. The first kappa shape index (κ1) is 16.7. The molecule has 21 heavy (non-hydrogen) atoms. The molecule has 0 aromatic heterocycles. The number of aliphatic hydroxyl groups is 1. The van der Waals surface area contributed by atoms with Crippen LogP contribution in [0, 0.1) is 11.6 Å². The highest BCUT2D eigenvalue weighted by molar-refractivity contribution is 8.00. The topological polar surface area (TPSA) is 32.3 Å². The fourth-order valence-electron chi connectivity index (χ4n) is 3.09. The highest BCUT2D eigenvalue weighted by atomic mass is 32.2. The molecule has 2 unspecified atom stereocenters. The van der Waals surface area contributed by atoms with E-state index in [1.807, 2.05) is 0 Å². The van der Waals surface area contributed by atoms with Gasteiger partial charge in [-0.1, -0.05) is 20.3 Å². The van der Waals surface area contributed by atoms with Crippen LogP contribution in [0.1, 0.15) is 39.5 Å². The Labute approximate surface area is 129 Å². The molecule has 1 aromatic rings. The normalized spacial score (nSPS) is 26.3. The lowest BCUT2D eigenvalue weighted by Crippen LogP contribution is -2.54. The van der Waals surface area contributed by atoms with E-state index in [2.05, 4.69) is 19.2 Å². The Balaban J connectivity index is 2.08. The van der Waals surface area contributed by atoms with Crippen LogP contribution in [-0.2, 0) is 0 Å². The van der Waals surface area contributed by atoms with Crippen molar-refractivity contribution in [3.05, 3.63) is 29.8 Å². The summed E-state index contributed by atoms with van der Waals surface area (Å²) in [6.07, 6.45) is 3.63. The molecule has 0 heterocycles. The summed E-state index contributed by atoms with van der Waals surface area (Å²) in [6.45, 7) is 4.19. The molecular formula is C16H23F2NOS. The van der Waals surface area contributed by atoms with Gasteiger partial charge in [0.25, 0.3) is 0 Å². The maximum Gasteiger partial charge on any atom is 0.136 e. The molecule has 1 aliphatic rings. The Hall–Kier alpha value is -0.650. The number of hydrogen-bond donors (Lipinski definition) is 2. The van der Waals surface area contributed by atoms with Gasteiger partial charge in [-0.25, -0.2) is 8.78 Å². The Morgan fingerprint density at radius 3 is 2.86 bits per heavy atom. The summed E-state index contributed by atoms with van der Waals surface area (Å²) in [4.78, 5) is 0.360. The van der Waals surface area contributed by atoms with Crippen molar-refractivity contribution in [1.29, 1.82) is 0 Å². The van der Waals surface area contributed by atoms with Crippen LogP contribution in [0.2, 0.25) is 0 Å². The number of nitrogens with one attached hydrogen (secondary N) is 1. The second-order valence-corrected chi connectivity index (χ2v) is 7.49. The molecular weight excluding hydrogens is 292 g/mol. The van der Waals surface area contributed by atoms with Crippen molar-refractivity contribution < 1.29 is 13.9 Å². The molecule has 0 spiro atoms. The first-order valence-electron chi connectivity index (χ1n) is 7.44. The molecule has 1 saturated carbocycles. The average molecular weight is 315 g/mol. The third kappa shape index (κ3) is 4.41. The first-order valence-corrected chi connectivity index (χ1v) is 8.32. The van der Waals surface area contributed by atoms with E-state index in [1.54, 1.807) is 0 Å². The van der Waals surface area contributed by atoms with Gasteiger partial charge in [-0.05, 0) is 37.5 Å². The highest BCUT2D eigenvalue weighted by Gasteiger charge is 2.36. The van der Waals surface area contributed by atoms with Gasteiger partial charge in [-0.15, -0.1) is 11.8 Å². The SMILES string of the molecule is CC(C)NC1(CO)CCCC(Sc2cc(F)ccc2F)C1. The van der Waals surface area contributed by atoms with Crippen molar-refractivity contribution >= 4 is 11.8 Å². The molecule has 5 heteroatoms. The molecule has 0 bridgehead atoms. The van der Waals surface area contributed by atoms with Crippen molar-refractivity contribution in [1.82, 2.24) is 5.32 Å². The van der Waals surface area contributed by atoms with Gasteiger partial charge in [-0.3, -0.25) is 0 Å². The molecule has 2 nitrogen and oxygen atoms in total. The predicted molar refractivity (Wildman–Crippen MR) is 82.6 cm³/mol. The lowest BCUT2D eigenvalue weighted by Gasteiger charge is -2.41. The molecule has 0 radical (unpaired) electrons. The number of benzene rings is 1. The van der Waals surface area contributed by atoms with E-state index in [1.165, 1.54) is 23.9 Å². The van der Waals surface area contributed by atoms with Gasteiger partial charge >= 0.3 is 0 Å². The minimum Gasteiger partial charge on any atom is -0.394 e. The van der Waals surface area contributed by atoms with Crippen molar-refractivity contribution in [3.8, 4) is 0 Å². The summed E-state index contributed by atoms with van der Waals surface area (Å²) in [5.74, 6) is -0.790. The first-order chi connectivity index (χ1) is 9.94. The fourth-order valence-corrected chi connectivity index (χ4v) is 4.50. The number of aliphatic hydroxyl groups excluding tert-OH is 1. The van der Waals surface area contributed by atoms with Gasteiger partial charge in [0.1, 0.15) is 11.6 Å². The second-order valence-electron chi connectivity index (χ2n) is 6.15. The van der Waals surface area contributed by atoms with Crippen LogP contribution < -0.4 is 5.32 Å². The van der Waals surface area contributed by atoms with Gasteiger partial charge in [0.15, 0.2) is 0 Å². The molecule has 0 saturated heterocycles. The Morgan fingerprint density at radius 2 is 2.19 bits per heavy atom. The van der Waals surface area contributed by atoms with Crippen molar-refractivity contribution in [2.75, 3.05) is 6.61 Å². The third-order valence-electron chi connectivity index (χ3n) is 3.88. The molecule has 1 fully saturated rings. The van der Waals surface area contributed by atoms with E-state index in [-0.39, 0.29) is 29.3 Å². The van der Waals surface area contributed by atoms with Crippen molar-refractivity contribution in [2.24, 2.45) is 0 Å². The Bertz CT molecular complexity index is 483. The van der Waals surface area contributed by atoms with Crippen LogP contribution in [-0.4, -0.2) is 28.5 Å². The number of rotatable bonds is 5. The van der Waals surface area contributed by atoms with E-state index in [0.717, 1.165) is 31.7 Å². The minimum absolute atomic E-state index is 0.0773.